The maximum absolute atomic E-state index is 12.3. The third kappa shape index (κ3) is 4.09. The van der Waals surface area contributed by atoms with Gasteiger partial charge in [0.1, 0.15) is 6.54 Å². The molecule has 3 rings (SSSR count). The van der Waals surface area contributed by atoms with Gasteiger partial charge >= 0.3 is 5.97 Å². The average Bonchev–Trinajstić information content (AvgIpc) is 2.96. The van der Waals surface area contributed by atoms with Crippen molar-refractivity contribution in [2.75, 3.05) is 24.6 Å². The molecule has 0 fully saturated rings. The van der Waals surface area contributed by atoms with Gasteiger partial charge in [-0.25, -0.2) is 0 Å². The highest BCUT2D eigenvalue weighted by Gasteiger charge is 2.36. The summed E-state index contributed by atoms with van der Waals surface area (Å²) in [7, 11) is 0. The second-order valence-electron chi connectivity index (χ2n) is 6.29. The van der Waals surface area contributed by atoms with Crippen LogP contribution in [0.5, 0.6) is 0 Å². The topological polar surface area (TPSA) is 84.0 Å². The van der Waals surface area contributed by atoms with E-state index in [0.29, 0.717) is 18.8 Å². The molecule has 7 nitrogen and oxygen atoms in total. The van der Waals surface area contributed by atoms with Gasteiger partial charge in [0.05, 0.1) is 11.3 Å². The van der Waals surface area contributed by atoms with Gasteiger partial charge in [-0.3, -0.25) is 24.1 Å². The Morgan fingerprint density at radius 3 is 2.39 bits per heavy atom. The number of carbonyl (C=O) groups is 4. The number of fused-ring (bicyclic) bond motifs is 1. The van der Waals surface area contributed by atoms with Crippen molar-refractivity contribution in [1.29, 1.82) is 0 Å². The van der Waals surface area contributed by atoms with E-state index in [4.69, 9.17) is 4.74 Å². The SMILES string of the molecule is CCN(Cc1ccccc1)C(=O)COC(=O)CN1C(=O)C(=O)c2ccccc21. The van der Waals surface area contributed by atoms with Crippen LogP contribution < -0.4 is 4.90 Å². The van der Waals surface area contributed by atoms with Crippen LogP contribution in [0.4, 0.5) is 5.69 Å². The van der Waals surface area contributed by atoms with Gasteiger partial charge in [0.15, 0.2) is 6.61 Å². The molecule has 0 spiro atoms. The van der Waals surface area contributed by atoms with Crippen LogP contribution in [-0.4, -0.2) is 48.2 Å². The number of carbonyl (C=O) groups excluding carboxylic acids is 4. The third-order valence-electron chi connectivity index (χ3n) is 4.47. The Hall–Kier alpha value is -3.48. The van der Waals surface area contributed by atoms with Crippen molar-refractivity contribution in [3.05, 3.63) is 65.7 Å². The largest absolute Gasteiger partial charge is 0.454 e. The summed E-state index contributed by atoms with van der Waals surface area (Å²) in [5.41, 5.74) is 1.61. The molecule has 144 valence electrons. The van der Waals surface area contributed by atoms with Crippen LogP contribution in [0.3, 0.4) is 0 Å². The summed E-state index contributed by atoms with van der Waals surface area (Å²) >= 11 is 0. The van der Waals surface area contributed by atoms with E-state index >= 15 is 0 Å². The molecule has 1 heterocycles. The number of amides is 2. The Bertz CT molecular complexity index is 910. The monoisotopic (exact) mass is 380 g/mol. The predicted molar refractivity (Wildman–Crippen MR) is 102 cm³/mol. The van der Waals surface area contributed by atoms with Gasteiger partial charge < -0.3 is 9.64 Å². The van der Waals surface area contributed by atoms with Crippen molar-refractivity contribution in [2.24, 2.45) is 0 Å². The van der Waals surface area contributed by atoms with E-state index in [1.165, 1.54) is 6.07 Å². The van der Waals surface area contributed by atoms with Gasteiger partial charge in [-0.15, -0.1) is 0 Å². The lowest BCUT2D eigenvalue weighted by Crippen LogP contribution is -2.38. The van der Waals surface area contributed by atoms with Gasteiger partial charge in [-0.1, -0.05) is 42.5 Å². The van der Waals surface area contributed by atoms with Crippen LogP contribution in [-0.2, 0) is 25.7 Å². The zero-order chi connectivity index (χ0) is 20.1. The number of anilines is 1. The third-order valence-corrected chi connectivity index (χ3v) is 4.47. The summed E-state index contributed by atoms with van der Waals surface area (Å²) in [5, 5.41) is 0. The number of rotatable bonds is 7. The summed E-state index contributed by atoms with van der Waals surface area (Å²) in [5.74, 6) is -2.51. The van der Waals surface area contributed by atoms with E-state index in [1.807, 2.05) is 37.3 Å². The molecule has 0 N–H and O–H groups in total. The fourth-order valence-corrected chi connectivity index (χ4v) is 2.99. The summed E-state index contributed by atoms with van der Waals surface area (Å²) in [6.07, 6.45) is 0. The van der Waals surface area contributed by atoms with Crippen LogP contribution in [0.2, 0.25) is 0 Å². The van der Waals surface area contributed by atoms with Gasteiger partial charge in [-0.2, -0.15) is 0 Å². The molecule has 7 heteroatoms. The first-order valence-electron chi connectivity index (χ1n) is 8.93. The Morgan fingerprint density at radius 2 is 1.68 bits per heavy atom. The number of Topliss-reactive ketones (excluding diaryl/α,β-unsaturated/α-hetero) is 1. The lowest BCUT2D eigenvalue weighted by molar-refractivity contribution is -0.151. The molecule has 2 aromatic rings. The van der Waals surface area contributed by atoms with E-state index in [1.54, 1.807) is 23.1 Å². The van der Waals surface area contributed by atoms with Gasteiger partial charge in [0.25, 0.3) is 17.6 Å². The molecule has 0 bridgehead atoms. The number of para-hydroxylation sites is 1. The van der Waals surface area contributed by atoms with Crippen molar-refractivity contribution in [3.63, 3.8) is 0 Å². The molecule has 1 aliphatic heterocycles. The summed E-state index contributed by atoms with van der Waals surface area (Å²) < 4.78 is 5.05. The molecule has 1 aliphatic rings. The first-order valence-corrected chi connectivity index (χ1v) is 8.93. The standard InChI is InChI=1S/C21H20N2O5/c1-2-22(12-15-8-4-3-5-9-15)18(24)14-28-19(25)13-23-17-11-7-6-10-16(17)20(26)21(23)27/h3-11H,2,12-14H2,1H3. The molecule has 0 saturated heterocycles. The van der Waals surface area contributed by atoms with E-state index in [-0.39, 0.29) is 11.5 Å². The Morgan fingerprint density at radius 1 is 1.00 bits per heavy atom. The van der Waals surface area contributed by atoms with Crippen LogP contribution in [0.25, 0.3) is 0 Å². The molecule has 0 unspecified atom stereocenters. The lowest BCUT2D eigenvalue weighted by Gasteiger charge is -2.21. The Labute approximate surface area is 162 Å². The highest BCUT2D eigenvalue weighted by Crippen LogP contribution is 2.28. The second-order valence-corrected chi connectivity index (χ2v) is 6.29. The fourth-order valence-electron chi connectivity index (χ4n) is 2.99. The maximum atomic E-state index is 12.3. The van der Waals surface area contributed by atoms with Crippen LogP contribution in [0, 0.1) is 0 Å². The van der Waals surface area contributed by atoms with Gasteiger partial charge in [-0.05, 0) is 24.6 Å². The molecule has 28 heavy (non-hydrogen) atoms. The van der Waals surface area contributed by atoms with E-state index in [0.717, 1.165) is 10.5 Å². The van der Waals surface area contributed by atoms with Crippen molar-refractivity contribution >= 4 is 29.3 Å². The number of benzene rings is 2. The lowest BCUT2D eigenvalue weighted by atomic mass is 10.1. The molecule has 2 aromatic carbocycles. The second kappa shape index (κ2) is 8.47. The number of nitrogens with zero attached hydrogens (tertiary/aromatic N) is 2. The average molecular weight is 380 g/mol. The highest BCUT2D eigenvalue weighted by molar-refractivity contribution is 6.52. The number of likely N-dealkylation sites (N-methyl/N-ethyl adjacent to an activating group) is 1. The summed E-state index contributed by atoms with van der Waals surface area (Å²) in [4.78, 5) is 51.2. The molecular weight excluding hydrogens is 360 g/mol. The molecule has 0 saturated carbocycles. The minimum Gasteiger partial charge on any atom is -0.454 e. The summed E-state index contributed by atoms with van der Waals surface area (Å²) in [6, 6.07) is 15.9. The Balaban J connectivity index is 1.56. The van der Waals surface area contributed by atoms with E-state index in [9.17, 15) is 19.2 Å². The number of ketones is 1. The number of hydrogen-bond donors (Lipinski definition) is 0. The van der Waals surface area contributed by atoms with E-state index in [2.05, 4.69) is 0 Å². The quantitative estimate of drug-likeness (QED) is 0.540. The predicted octanol–water partition coefficient (Wildman–Crippen LogP) is 1.81. The molecule has 2 amide bonds. The highest BCUT2D eigenvalue weighted by atomic mass is 16.5. The van der Waals surface area contributed by atoms with Crippen molar-refractivity contribution < 1.29 is 23.9 Å². The summed E-state index contributed by atoms with van der Waals surface area (Å²) in [6.45, 7) is 1.89. The molecular formula is C21H20N2O5. The zero-order valence-electron chi connectivity index (χ0n) is 15.5. The molecule has 0 atom stereocenters. The zero-order valence-corrected chi connectivity index (χ0v) is 15.5. The van der Waals surface area contributed by atoms with Crippen LogP contribution in [0.1, 0.15) is 22.8 Å². The minimum atomic E-state index is -0.774. The van der Waals surface area contributed by atoms with Gasteiger partial charge in [0.2, 0.25) is 0 Å². The van der Waals surface area contributed by atoms with Crippen molar-refractivity contribution in [1.82, 2.24) is 4.90 Å². The molecule has 0 radical (unpaired) electrons. The molecule has 0 aliphatic carbocycles. The van der Waals surface area contributed by atoms with Gasteiger partial charge in [0, 0.05) is 13.1 Å². The number of ether oxygens (including phenoxy) is 1. The first kappa shape index (κ1) is 19.3. The van der Waals surface area contributed by atoms with Crippen molar-refractivity contribution in [2.45, 2.75) is 13.5 Å². The molecule has 0 aromatic heterocycles. The van der Waals surface area contributed by atoms with Crippen LogP contribution >= 0.6 is 0 Å². The normalized spacial score (nSPS) is 12.7. The fraction of sp³-hybridized carbons (Fsp3) is 0.238. The minimum absolute atomic E-state index is 0.261. The Kier molecular flexibility index (Phi) is 5.84. The number of hydrogen-bond acceptors (Lipinski definition) is 5. The number of esters is 1. The van der Waals surface area contributed by atoms with E-state index < -0.39 is 30.8 Å². The van der Waals surface area contributed by atoms with Crippen LogP contribution in [0.15, 0.2) is 54.6 Å². The smallest absolute Gasteiger partial charge is 0.326 e. The maximum Gasteiger partial charge on any atom is 0.326 e. The first-order chi connectivity index (χ1) is 13.5. The van der Waals surface area contributed by atoms with Crippen molar-refractivity contribution in [3.8, 4) is 0 Å².